The number of rotatable bonds is 8. The number of methoxy groups -OCH3 is 1. The van der Waals surface area contributed by atoms with Crippen molar-refractivity contribution in [1.82, 2.24) is 20.2 Å². The number of aromatic nitrogens is 2. The molecule has 0 radical (unpaired) electrons. The number of thiazole rings is 1. The summed E-state index contributed by atoms with van der Waals surface area (Å²) in [6.45, 7) is 7.09. The van der Waals surface area contributed by atoms with Gasteiger partial charge in [0.05, 0.1) is 24.5 Å². The van der Waals surface area contributed by atoms with Crippen LogP contribution in [0, 0.1) is 5.82 Å². The van der Waals surface area contributed by atoms with E-state index in [0.717, 1.165) is 61.1 Å². The normalized spacial score (nSPS) is 14.1. The van der Waals surface area contributed by atoms with E-state index in [9.17, 15) is 9.18 Å². The molecule has 218 valence electrons. The second-order valence-corrected chi connectivity index (χ2v) is 12.5. The van der Waals surface area contributed by atoms with Crippen LogP contribution < -0.4 is 10.1 Å². The number of halogens is 1. The van der Waals surface area contributed by atoms with Gasteiger partial charge < -0.3 is 19.7 Å². The SMILES string of the molecule is C=CC(=O)N1CCc2nc(-c3nc(-c4ccc5c(c4)CNC5)c4ccsc4c3-c3ccc(F)cc3OCCOC)sc2C1. The van der Waals surface area contributed by atoms with Crippen molar-refractivity contribution in [1.29, 1.82) is 0 Å². The quantitative estimate of drug-likeness (QED) is 0.157. The van der Waals surface area contributed by atoms with Crippen molar-refractivity contribution in [3.8, 4) is 38.8 Å². The third kappa shape index (κ3) is 5.14. The van der Waals surface area contributed by atoms with E-state index in [1.165, 1.54) is 29.3 Å². The molecule has 10 heteroatoms. The fourth-order valence-electron chi connectivity index (χ4n) is 5.76. The van der Waals surface area contributed by atoms with Crippen LogP contribution in [0.5, 0.6) is 5.75 Å². The Morgan fingerprint density at radius 3 is 2.86 bits per heavy atom. The van der Waals surface area contributed by atoms with Gasteiger partial charge in [-0.05, 0) is 46.8 Å². The maximum atomic E-state index is 14.6. The number of nitrogens with one attached hydrogen (secondary N) is 1. The Kier molecular flexibility index (Phi) is 7.52. The van der Waals surface area contributed by atoms with Crippen LogP contribution in [0.3, 0.4) is 0 Å². The summed E-state index contributed by atoms with van der Waals surface area (Å²) in [5.41, 5.74) is 7.79. The molecule has 2 aliphatic rings. The minimum Gasteiger partial charge on any atom is -0.490 e. The molecule has 7 nitrogen and oxygen atoms in total. The highest BCUT2D eigenvalue weighted by Crippen LogP contribution is 2.47. The zero-order valence-corrected chi connectivity index (χ0v) is 25.2. The summed E-state index contributed by atoms with van der Waals surface area (Å²) in [6, 6.07) is 13.3. The Hall–Kier alpha value is -3.96. The molecule has 1 N–H and O–H groups in total. The smallest absolute Gasteiger partial charge is 0.246 e. The van der Waals surface area contributed by atoms with Gasteiger partial charge in [0.1, 0.15) is 28.9 Å². The summed E-state index contributed by atoms with van der Waals surface area (Å²) in [4.78, 5) is 25.7. The van der Waals surface area contributed by atoms with Crippen molar-refractivity contribution in [3.63, 3.8) is 0 Å². The second-order valence-electron chi connectivity index (χ2n) is 10.5. The highest BCUT2D eigenvalue weighted by Gasteiger charge is 2.28. The number of benzene rings is 2. The molecule has 2 aliphatic heterocycles. The summed E-state index contributed by atoms with van der Waals surface area (Å²) in [5.74, 6) is -0.0413. The molecule has 7 rings (SSSR count). The first-order valence-electron chi connectivity index (χ1n) is 14.1. The van der Waals surface area contributed by atoms with E-state index >= 15 is 0 Å². The number of thiophene rings is 1. The number of fused-ring (bicyclic) bond motifs is 3. The maximum Gasteiger partial charge on any atom is 0.246 e. The van der Waals surface area contributed by atoms with Crippen LogP contribution in [0.2, 0.25) is 0 Å². The summed E-state index contributed by atoms with van der Waals surface area (Å²) in [5, 5.41) is 7.28. The Labute approximate surface area is 256 Å². The lowest BCUT2D eigenvalue weighted by Crippen LogP contribution is -2.34. The van der Waals surface area contributed by atoms with Crippen molar-refractivity contribution in [2.75, 3.05) is 26.9 Å². The molecule has 0 saturated heterocycles. The lowest BCUT2D eigenvalue weighted by Gasteiger charge is -2.24. The van der Waals surface area contributed by atoms with E-state index in [1.807, 2.05) is 0 Å². The van der Waals surface area contributed by atoms with Gasteiger partial charge in [0.15, 0.2) is 0 Å². The van der Waals surface area contributed by atoms with Crippen LogP contribution in [-0.4, -0.2) is 47.6 Å². The van der Waals surface area contributed by atoms with Gasteiger partial charge in [-0.2, -0.15) is 0 Å². The number of amides is 1. The topological polar surface area (TPSA) is 76.6 Å². The van der Waals surface area contributed by atoms with Crippen LogP contribution in [-0.2, 0) is 35.6 Å². The first-order valence-corrected chi connectivity index (χ1v) is 15.8. The summed E-state index contributed by atoms with van der Waals surface area (Å²) < 4.78 is 26.8. The zero-order chi connectivity index (χ0) is 29.5. The third-order valence-corrected chi connectivity index (χ3v) is 9.92. The lowest BCUT2D eigenvalue weighted by molar-refractivity contribution is -0.126. The van der Waals surface area contributed by atoms with Crippen molar-refractivity contribution >= 4 is 38.7 Å². The number of nitrogens with zero attached hydrogens (tertiary/aromatic N) is 3. The number of carbonyl (C=O) groups excluding carboxylic acids is 1. The Morgan fingerprint density at radius 1 is 1.12 bits per heavy atom. The Bertz CT molecular complexity index is 1880. The predicted molar refractivity (Wildman–Crippen MR) is 169 cm³/mol. The molecule has 0 unspecified atom stereocenters. The van der Waals surface area contributed by atoms with Gasteiger partial charge in [-0.1, -0.05) is 18.7 Å². The van der Waals surface area contributed by atoms with E-state index in [1.54, 1.807) is 40.7 Å². The molecule has 0 atom stereocenters. The molecule has 0 aliphatic carbocycles. The van der Waals surface area contributed by atoms with Gasteiger partial charge in [0, 0.05) is 70.9 Å². The second kappa shape index (κ2) is 11.6. The van der Waals surface area contributed by atoms with Gasteiger partial charge in [-0.3, -0.25) is 4.79 Å². The molecule has 1 amide bonds. The van der Waals surface area contributed by atoms with Crippen molar-refractivity contribution < 1.29 is 18.7 Å². The molecule has 5 heterocycles. The van der Waals surface area contributed by atoms with E-state index in [4.69, 9.17) is 19.4 Å². The molecular weight excluding hydrogens is 584 g/mol. The molecule has 0 spiro atoms. The predicted octanol–water partition coefficient (Wildman–Crippen LogP) is 6.59. The molecule has 0 saturated carbocycles. The average molecular weight is 613 g/mol. The summed E-state index contributed by atoms with van der Waals surface area (Å²) in [6.07, 6.45) is 2.02. The van der Waals surface area contributed by atoms with Gasteiger partial charge in [-0.15, -0.1) is 22.7 Å². The molecule has 5 aromatic rings. The fraction of sp³-hybridized carbons (Fsp3) is 0.242. The Balaban J connectivity index is 1.45. The Morgan fingerprint density at radius 2 is 2.00 bits per heavy atom. The lowest BCUT2D eigenvalue weighted by atomic mass is 9.97. The number of hydrogen-bond acceptors (Lipinski definition) is 8. The number of pyridine rings is 1. The standard InChI is InChI=1S/C33H29FN4O3S2/c1-3-28(39)38-10-8-25-27(18-38)43-33(36-25)31-29(23-7-6-22(34)15-26(23)41-12-11-40-2)32-24(9-13-42-32)30(37-31)19-4-5-20-16-35-17-21(20)14-19/h3-7,9,13-15,35H,1,8,10-12,16-18H2,2H3. The number of hydrogen-bond donors (Lipinski definition) is 1. The van der Waals surface area contributed by atoms with E-state index < -0.39 is 0 Å². The average Bonchev–Trinajstić information content (AvgIpc) is 3.79. The summed E-state index contributed by atoms with van der Waals surface area (Å²) >= 11 is 3.17. The maximum absolute atomic E-state index is 14.6. The number of carbonyl (C=O) groups is 1. The van der Waals surface area contributed by atoms with Crippen molar-refractivity contribution in [2.24, 2.45) is 0 Å². The minimum absolute atomic E-state index is 0.0861. The van der Waals surface area contributed by atoms with Gasteiger partial charge in [0.25, 0.3) is 0 Å². The molecule has 2 aromatic carbocycles. The van der Waals surface area contributed by atoms with Crippen LogP contribution in [0.4, 0.5) is 4.39 Å². The third-order valence-electron chi connectivity index (χ3n) is 7.90. The van der Waals surface area contributed by atoms with Crippen LogP contribution in [0.15, 0.2) is 60.5 Å². The zero-order valence-electron chi connectivity index (χ0n) is 23.6. The largest absolute Gasteiger partial charge is 0.490 e. The van der Waals surface area contributed by atoms with Gasteiger partial charge in [0.2, 0.25) is 5.91 Å². The van der Waals surface area contributed by atoms with Gasteiger partial charge >= 0.3 is 0 Å². The molecule has 43 heavy (non-hydrogen) atoms. The van der Waals surface area contributed by atoms with Crippen LogP contribution >= 0.6 is 22.7 Å². The van der Waals surface area contributed by atoms with E-state index in [2.05, 4.69) is 41.5 Å². The van der Waals surface area contributed by atoms with Crippen LogP contribution in [0.25, 0.3) is 43.2 Å². The van der Waals surface area contributed by atoms with Crippen LogP contribution in [0.1, 0.15) is 21.7 Å². The minimum atomic E-state index is -0.381. The highest BCUT2D eigenvalue weighted by molar-refractivity contribution is 7.18. The summed E-state index contributed by atoms with van der Waals surface area (Å²) in [7, 11) is 1.61. The first-order chi connectivity index (χ1) is 21.0. The molecule has 3 aromatic heterocycles. The fourth-order valence-corrected chi connectivity index (χ4v) is 7.84. The highest BCUT2D eigenvalue weighted by atomic mass is 32.1. The molecule has 0 fully saturated rings. The molecule has 0 bridgehead atoms. The van der Waals surface area contributed by atoms with Gasteiger partial charge in [-0.25, -0.2) is 14.4 Å². The number of ether oxygens (including phenoxy) is 2. The first kappa shape index (κ1) is 27.8. The monoisotopic (exact) mass is 612 g/mol. The molecular formula is C33H29FN4O3S2. The van der Waals surface area contributed by atoms with Crippen molar-refractivity contribution in [2.45, 2.75) is 26.1 Å². The van der Waals surface area contributed by atoms with E-state index in [-0.39, 0.29) is 18.3 Å². The van der Waals surface area contributed by atoms with Crippen molar-refractivity contribution in [3.05, 3.63) is 88.0 Å². The van der Waals surface area contributed by atoms with E-state index in [0.29, 0.717) is 37.6 Å².